The quantitative estimate of drug-likeness (QED) is 0.692. The van der Waals surface area contributed by atoms with Gasteiger partial charge in [0, 0.05) is 6.54 Å². The highest BCUT2D eigenvalue weighted by Gasteiger charge is 2.50. The molecule has 2 rings (SSSR count). The Bertz CT molecular complexity index is 491. The largest absolute Gasteiger partial charge is 0.487 e. The molecular formula is C17H30BNO4. The van der Waals surface area contributed by atoms with Gasteiger partial charge in [-0.3, -0.25) is 0 Å². The SMILES string of the molecule is CC1C(=CB2OC(C)(C)C(C)(C)O2)CCN1C(=O)OC(C)(C)C. The second kappa shape index (κ2) is 5.81. The van der Waals surface area contributed by atoms with Crippen molar-refractivity contribution in [3.05, 3.63) is 11.5 Å². The number of hydrogen-bond donors (Lipinski definition) is 0. The fourth-order valence-corrected chi connectivity index (χ4v) is 2.78. The number of hydrogen-bond acceptors (Lipinski definition) is 4. The van der Waals surface area contributed by atoms with Crippen molar-refractivity contribution in [2.24, 2.45) is 0 Å². The van der Waals surface area contributed by atoms with Crippen LogP contribution in [0.3, 0.4) is 0 Å². The van der Waals surface area contributed by atoms with E-state index in [0.29, 0.717) is 6.54 Å². The molecule has 0 spiro atoms. The molecule has 0 saturated carbocycles. The lowest BCUT2D eigenvalue weighted by atomic mass is 9.85. The molecule has 5 nitrogen and oxygen atoms in total. The van der Waals surface area contributed by atoms with Gasteiger partial charge in [0.05, 0.1) is 17.2 Å². The van der Waals surface area contributed by atoms with Crippen molar-refractivity contribution in [1.29, 1.82) is 0 Å². The Morgan fingerprint density at radius 1 is 1.26 bits per heavy atom. The Hall–Kier alpha value is -1.01. The van der Waals surface area contributed by atoms with Crippen molar-refractivity contribution in [1.82, 2.24) is 4.90 Å². The lowest BCUT2D eigenvalue weighted by Gasteiger charge is -2.32. The number of rotatable bonds is 1. The first kappa shape index (κ1) is 18.3. The third kappa shape index (κ3) is 3.91. The molecule has 0 bridgehead atoms. The van der Waals surface area contributed by atoms with Crippen LogP contribution in [0.4, 0.5) is 4.79 Å². The van der Waals surface area contributed by atoms with Crippen LogP contribution in [-0.4, -0.2) is 47.5 Å². The highest BCUT2D eigenvalue weighted by Crippen LogP contribution is 2.38. The van der Waals surface area contributed by atoms with Crippen LogP contribution in [-0.2, 0) is 14.0 Å². The maximum Gasteiger partial charge on any atom is 0.487 e. The fraction of sp³-hybridized carbons (Fsp3) is 0.824. The minimum absolute atomic E-state index is 0.00359. The molecule has 2 aliphatic heterocycles. The molecule has 6 heteroatoms. The van der Waals surface area contributed by atoms with Crippen LogP contribution >= 0.6 is 0 Å². The lowest BCUT2D eigenvalue weighted by molar-refractivity contribution is 0.00578. The van der Waals surface area contributed by atoms with E-state index in [1.54, 1.807) is 4.90 Å². The zero-order chi connectivity index (χ0) is 17.6. The summed E-state index contributed by atoms with van der Waals surface area (Å²) in [7, 11) is -0.365. The van der Waals surface area contributed by atoms with E-state index in [9.17, 15) is 4.79 Å². The summed E-state index contributed by atoms with van der Waals surface area (Å²) in [5.74, 6) is 2.02. The molecular weight excluding hydrogens is 293 g/mol. The van der Waals surface area contributed by atoms with Gasteiger partial charge in [-0.1, -0.05) is 11.5 Å². The highest BCUT2D eigenvalue weighted by atomic mass is 16.7. The topological polar surface area (TPSA) is 48.0 Å². The molecule has 0 radical (unpaired) electrons. The van der Waals surface area contributed by atoms with Crippen LogP contribution in [0.15, 0.2) is 11.5 Å². The summed E-state index contributed by atoms with van der Waals surface area (Å²) in [5, 5.41) is 0. The molecule has 2 saturated heterocycles. The maximum atomic E-state index is 12.3. The van der Waals surface area contributed by atoms with Crippen LogP contribution in [0.2, 0.25) is 0 Å². The van der Waals surface area contributed by atoms with E-state index in [0.717, 1.165) is 12.0 Å². The molecule has 2 fully saturated rings. The highest BCUT2D eigenvalue weighted by molar-refractivity contribution is 6.51. The number of carbonyl (C=O) groups is 1. The number of nitrogens with zero attached hydrogens (tertiary/aromatic N) is 1. The van der Waals surface area contributed by atoms with Crippen molar-refractivity contribution in [2.75, 3.05) is 6.54 Å². The molecule has 1 atom stereocenters. The van der Waals surface area contributed by atoms with Gasteiger partial charge in [-0.2, -0.15) is 0 Å². The lowest BCUT2D eigenvalue weighted by Crippen LogP contribution is -2.41. The van der Waals surface area contributed by atoms with E-state index in [4.69, 9.17) is 14.0 Å². The first-order chi connectivity index (χ1) is 10.3. The molecule has 23 heavy (non-hydrogen) atoms. The van der Waals surface area contributed by atoms with Crippen molar-refractivity contribution >= 4 is 13.2 Å². The summed E-state index contributed by atoms with van der Waals surface area (Å²) < 4.78 is 17.5. The van der Waals surface area contributed by atoms with Crippen molar-refractivity contribution in [3.63, 3.8) is 0 Å². The molecule has 130 valence electrons. The van der Waals surface area contributed by atoms with Gasteiger partial charge >= 0.3 is 13.2 Å². The molecule has 0 aromatic rings. The molecule has 1 unspecified atom stereocenters. The van der Waals surface area contributed by atoms with Gasteiger partial charge in [-0.05, 0) is 61.8 Å². The molecule has 0 aromatic carbocycles. The third-order valence-corrected chi connectivity index (χ3v) is 4.90. The van der Waals surface area contributed by atoms with E-state index in [-0.39, 0.29) is 30.5 Å². The Morgan fingerprint density at radius 2 is 1.78 bits per heavy atom. The van der Waals surface area contributed by atoms with Crippen molar-refractivity contribution in [2.45, 2.75) is 84.7 Å². The summed E-state index contributed by atoms with van der Waals surface area (Å²) in [6, 6.07) is 0.00359. The van der Waals surface area contributed by atoms with E-state index >= 15 is 0 Å². The Labute approximate surface area is 140 Å². The summed E-state index contributed by atoms with van der Waals surface area (Å²) in [4.78, 5) is 14.0. The van der Waals surface area contributed by atoms with E-state index in [1.165, 1.54) is 0 Å². The van der Waals surface area contributed by atoms with E-state index < -0.39 is 5.60 Å². The summed E-state index contributed by atoms with van der Waals surface area (Å²) in [6.07, 6.45) is 0.562. The van der Waals surface area contributed by atoms with Gasteiger partial charge in [-0.15, -0.1) is 0 Å². The Balaban J connectivity index is 2.05. The fourth-order valence-electron chi connectivity index (χ4n) is 2.78. The zero-order valence-corrected chi connectivity index (χ0v) is 15.7. The number of carbonyl (C=O) groups excluding carboxylic acids is 1. The molecule has 1 amide bonds. The van der Waals surface area contributed by atoms with Gasteiger partial charge < -0.3 is 18.9 Å². The molecule has 2 heterocycles. The molecule has 0 aliphatic carbocycles. The number of ether oxygens (including phenoxy) is 1. The Kier molecular flexibility index (Phi) is 4.64. The van der Waals surface area contributed by atoms with Crippen LogP contribution < -0.4 is 0 Å². The van der Waals surface area contributed by atoms with Gasteiger partial charge in [-0.25, -0.2) is 4.79 Å². The van der Waals surface area contributed by atoms with Crippen LogP contribution in [0, 0.1) is 0 Å². The second-order valence-electron chi connectivity index (χ2n) is 8.47. The predicted molar refractivity (Wildman–Crippen MR) is 91.2 cm³/mol. The third-order valence-electron chi connectivity index (χ3n) is 4.90. The zero-order valence-electron chi connectivity index (χ0n) is 15.7. The van der Waals surface area contributed by atoms with Gasteiger partial charge in [0.25, 0.3) is 0 Å². The molecule has 2 aliphatic rings. The summed E-state index contributed by atoms with van der Waals surface area (Å²) in [6.45, 7) is 16.5. The van der Waals surface area contributed by atoms with Crippen LogP contribution in [0.25, 0.3) is 0 Å². The van der Waals surface area contributed by atoms with Crippen LogP contribution in [0.5, 0.6) is 0 Å². The standard InChI is InChI=1S/C17H30BNO4/c1-12-13(9-10-19(12)14(20)21-15(2,3)4)11-18-22-16(5,6)17(7,8)23-18/h11-12H,9-10H2,1-8H3. The van der Waals surface area contributed by atoms with Crippen LogP contribution in [0.1, 0.15) is 61.8 Å². The number of amides is 1. The minimum Gasteiger partial charge on any atom is -0.444 e. The minimum atomic E-state index is -0.477. The monoisotopic (exact) mass is 323 g/mol. The average Bonchev–Trinajstić information content (AvgIpc) is 2.76. The molecule has 0 aromatic heterocycles. The summed E-state index contributed by atoms with van der Waals surface area (Å²) >= 11 is 0. The Morgan fingerprint density at radius 3 is 2.26 bits per heavy atom. The van der Waals surface area contributed by atoms with Gasteiger partial charge in [0.15, 0.2) is 0 Å². The number of likely N-dealkylation sites (tertiary alicyclic amines) is 1. The van der Waals surface area contributed by atoms with Gasteiger partial charge in [0.1, 0.15) is 5.60 Å². The smallest absolute Gasteiger partial charge is 0.444 e. The second-order valence-corrected chi connectivity index (χ2v) is 8.47. The summed E-state index contributed by atoms with van der Waals surface area (Å²) in [5.41, 5.74) is -0.00737. The van der Waals surface area contributed by atoms with Crippen molar-refractivity contribution < 1.29 is 18.8 Å². The predicted octanol–water partition coefficient (Wildman–Crippen LogP) is 3.57. The van der Waals surface area contributed by atoms with E-state index in [2.05, 4.69) is 0 Å². The van der Waals surface area contributed by atoms with Gasteiger partial charge in [0.2, 0.25) is 0 Å². The first-order valence-electron chi connectivity index (χ1n) is 8.38. The molecule has 0 N–H and O–H groups in total. The maximum absolute atomic E-state index is 12.3. The van der Waals surface area contributed by atoms with E-state index in [1.807, 2.05) is 61.4 Å². The normalized spacial score (nSPS) is 28.5. The average molecular weight is 323 g/mol. The first-order valence-corrected chi connectivity index (χ1v) is 8.38. The van der Waals surface area contributed by atoms with Crippen molar-refractivity contribution in [3.8, 4) is 0 Å².